The van der Waals surface area contributed by atoms with E-state index >= 15 is 0 Å². The van der Waals surface area contributed by atoms with E-state index in [4.69, 9.17) is 14.3 Å². The number of hydrogen-bond donors (Lipinski definition) is 2. The van der Waals surface area contributed by atoms with Crippen molar-refractivity contribution in [2.45, 2.75) is 25.9 Å². The second kappa shape index (κ2) is 8.79. The van der Waals surface area contributed by atoms with Crippen molar-refractivity contribution in [3.05, 3.63) is 60.4 Å². The van der Waals surface area contributed by atoms with Gasteiger partial charge in [0.2, 0.25) is 5.91 Å². The zero-order valence-electron chi connectivity index (χ0n) is 14.6. The number of carbonyl (C=O) groups is 2. The average Bonchev–Trinajstić information content (AvgIpc) is 3.36. The highest BCUT2D eigenvalue weighted by molar-refractivity contribution is 5.78. The first-order chi connectivity index (χ1) is 13.2. The maximum absolute atomic E-state index is 12.4. The number of nitrogens with one attached hydrogen (secondary N) is 1. The largest absolute Gasteiger partial charge is 0.483 e. The number of furan rings is 1. The predicted molar refractivity (Wildman–Crippen MR) is 96.5 cm³/mol. The van der Waals surface area contributed by atoms with Crippen LogP contribution in [0, 0.1) is 5.92 Å². The Balaban J connectivity index is 0.000000659. The van der Waals surface area contributed by atoms with Crippen molar-refractivity contribution in [2.24, 2.45) is 5.92 Å². The van der Waals surface area contributed by atoms with E-state index in [1.165, 1.54) is 0 Å². The molecule has 1 aliphatic rings. The van der Waals surface area contributed by atoms with Crippen LogP contribution in [0.5, 0.6) is 0 Å². The highest BCUT2D eigenvalue weighted by atomic mass is 16.3. The zero-order valence-corrected chi connectivity index (χ0v) is 14.6. The molecule has 1 amide bonds. The van der Waals surface area contributed by atoms with Gasteiger partial charge in [0.25, 0.3) is 6.47 Å². The minimum absolute atomic E-state index is 0.0359. The van der Waals surface area contributed by atoms with Crippen LogP contribution in [0.2, 0.25) is 0 Å². The average molecular weight is 368 g/mol. The number of hydrogen-bond acceptors (Lipinski definition) is 5. The fraction of sp³-hybridized carbons (Fsp3) is 0.263. The van der Waals surface area contributed by atoms with Gasteiger partial charge in [0.1, 0.15) is 23.7 Å². The highest BCUT2D eigenvalue weighted by Gasteiger charge is 2.25. The lowest BCUT2D eigenvalue weighted by atomic mass is 9.99. The maximum atomic E-state index is 12.4. The van der Waals surface area contributed by atoms with Crippen LogP contribution in [0.4, 0.5) is 0 Å². The number of rotatable bonds is 4. The van der Waals surface area contributed by atoms with E-state index in [0.717, 1.165) is 35.7 Å². The predicted octanol–water partition coefficient (Wildman–Crippen LogP) is 2.12. The lowest BCUT2D eigenvalue weighted by Crippen LogP contribution is -2.36. The van der Waals surface area contributed by atoms with E-state index in [0.29, 0.717) is 13.1 Å². The van der Waals surface area contributed by atoms with Crippen LogP contribution < -0.4 is 5.32 Å². The van der Waals surface area contributed by atoms with Crippen LogP contribution in [0.15, 0.2) is 53.2 Å². The molecule has 1 unspecified atom stereocenters. The van der Waals surface area contributed by atoms with Gasteiger partial charge >= 0.3 is 0 Å². The van der Waals surface area contributed by atoms with E-state index in [-0.39, 0.29) is 18.3 Å². The van der Waals surface area contributed by atoms with Gasteiger partial charge in [-0.25, -0.2) is 9.67 Å². The fourth-order valence-corrected chi connectivity index (χ4v) is 3.00. The minimum Gasteiger partial charge on any atom is -0.483 e. The molecule has 8 nitrogen and oxygen atoms in total. The summed E-state index contributed by atoms with van der Waals surface area (Å²) in [6.45, 7) is 0.737. The van der Waals surface area contributed by atoms with Crippen molar-refractivity contribution in [1.29, 1.82) is 0 Å². The number of nitrogens with zero attached hydrogens (tertiary/aromatic N) is 3. The molecule has 0 radical (unpaired) electrons. The summed E-state index contributed by atoms with van der Waals surface area (Å²) in [6.07, 6.45) is 3.14. The lowest BCUT2D eigenvalue weighted by Gasteiger charge is -2.21. The molecular weight excluding hydrogens is 348 g/mol. The van der Waals surface area contributed by atoms with Gasteiger partial charge in [0.05, 0.1) is 19.0 Å². The SMILES string of the molecule is O=C(NCc1ccc(-c2ccccc2)o1)C1CCc2ncnn2C1.O=CO. The van der Waals surface area contributed by atoms with Crippen LogP contribution in [0.1, 0.15) is 18.0 Å². The third-order valence-electron chi connectivity index (χ3n) is 4.33. The smallest absolute Gasteiger partial charge is 0.290 e. The molecule has 0 aliphatic carbocycles. The van der Waals surface area contributed by atoms with Gasteiger partial charge in [-0.15, -0.1) is 0 Å². The van der Waals surface area contributed by atoms with Gasteiger partial charge in [0.15, 0.2) is 0 Å². The third-order valence-corrected chi connectivity index (χ3v) is 4.33. The van der Waals surface area contributed by atoms with Crippen LogP contribution in [0.25, 0.3) is 11.3 Å². The number of carboxylic acid groups (broad SMARTS) is 1. The number of aromatic nitrogens is 3. The zero-order chi connectivity index (χ0) is 19.1. The number of benzene rings is 1. The first kappa shape index (κ1) is 18.4. The molecule has 3 aromatic rings. The summed E-state index contributed by atoms with van der Waals surface area (Å²) in [6, 6.07) is 13.7. The number of carbonyl (C=O) groups excluding carboxylic acids is 1. The molecule has 1 aliphatic heterocycles. The fourth-order valence-electron chi connectivity index (χ4n) is 3.00. The molecule has 0 fully saturated rings. The molecule has 0 saturated heterocycles. The molecule has 1 aromatic carbocycles. The quantitative estimate of drug-likeness (QED) is 0.683. The van der Waals surface area contributed by atoms with E-state index in [9.17, 15) is 4.79 Å². The van der Waals surface area contributed by atoms with Crippen molar-refractivity contribution in [3.8, 4) is 11.3 Å². The molecule has 0 bridgehead atoms. The van der Waals surface area contributed by atoms with Crippen LogP contribution in [0.3, 0.4) is 0 Å². The second-order valence-electron chi connectivity index (χ2n) is 6.05. The van der Waals surface area contributed by atoms with E-state index in [1.54, 1.807) is 6.33 Å². The van der Waals surface area contributed by atoms with E-state index in [1.807, 2.05) is 47.1 Å². The van der Waals surface area contributed by atoms with Crippen molar-refractivity contribution in [3.63, 3.8) is 0 Å². The third kappa shape index (κ3) is 4.60. The topological polar surface area (TPSA) is 110 Å². The molecule has 1 atom stereocenters. The Hall–Kier alpha value is -3.42. The lowest BCUT2D eigenvalue weighted by molar-refractivity contribution is -0.126. The van der Waals surface area contributed by atoms with Crippen LogP contribution in [-0.4, -0.2) is 32.3 Å². The molecule has 4 rings (SSSR count). The monoisotopic (exact) mass is 368 g/mol. The summed E-state index contributed by atoms with van der Waals surface area (Å²) < 4.78 is 7.62. The first-order valence-electron chi connectivity index (χ1n) is 8.57. The van der Waals surface area contributed by atoms with Crippen molar-refractivity contribution in [1.82, 2.24) is 20.1 Å². The van der Waals surface area contributed by atoms with Gasteiger partial charge in [-0.2, -0.15) is 5.10 Å². The molecular formula is C19H20N4O4. The summed E-state index contributed by atoms with van der Waals surface area (Å²) in [7, 11) is 0. The summed E-state index contributed by atoms with van der Waals surface area (Å²) in [4.78, 5) is 24.9. The normalized spacial score (nSPS) is 15.2. The summed E-state index contributed by atoms with van der Waals surface area (Å²) in [5, 5.41) is 14.0. The first-order valence-corrected chi connectivity index (χ1v) is 8.57. The van der Waals surface area contributed by atoms with Crippen molar-refractivity contribution in [2.75, 3.05) is 0 Å². The van der Waals surface area contributed by atoms with Gasteiger partial charge in [-0.05, 0) is 18.6 Å². The molecule has 0 spiro atoms. The van der Waals surface area contributed by atoms with E-state index < -0.39 is 0 Å². The Bertz CT molecular complexity index is 888. The Kier molecular flexibility index (Phi) is 5.98. The van der Waals surface area contributed by atoms with Gasteiger partial charge in [0, 0.05) is 12.0 Å². The maximum Gasteiger partial charge on any atom is 0.290 e. The van der Waals surface area contributed by atoms with Gasteiger partial charge in [-0.3, -0.25) is 9.59 Å². The Morgan fingerprint density at radius 2 is 2.07 bits per heavy atom. The number of aryl methyl sites for hydroxylation is 1. The van der Waals surface area contributed by atoms with Crippen LogP contribution >= 0.6 is 0 Å². The second-order valence-corrected chi connectivity index (χ2v) is 6.05. The minimum atomic E-state index is -0.250. The molecule has 2 aromatic heterocycles. The van der Waals surface area contributed by atoms with Crippen molar-refractivity contribution >= 4 is 12.4 Å². The van der Waals surface area contributed by atoms with Gasteiger partial charge < -0.3 is 14.8 Å². The Morgan fingerprint density at radius 1 is 1.30 bits per heavy atom. The summed E-state index contributed by atoms with van der Waals surface area (Å²) in [5.41, 5.74) is 1.03. The molecule has 3 heterocycles. The van der Waals surface area contributed by atoms with E-state index in [2.05, 4.69) is 15.4 Å². The summed E-state index contributed by atoms with van der Waals surface area (Å²) >= 11 is 0. The van der Waals surface area contributed by atoms with Crippen LogP contribution in [-0.2, 0) is 29.1 Å². The molecule has 27 heavy (non-hydrogen) atoms. The number of amides is 1. The molecule has 2 N–H and O–H groups in total. The Morgan fingerprint density at radius 3 is 2.85 bits per heavy atom. The standard InChI is InChI=1S/C18H18N4O2.CH2O2/c23-18(14-6-9-17-20-12-21-22(17)11-14)19-10-15-7-8-16(24-15)13-4-2-1-3-5-13;2-1-3/h1-5,7-8,12,14H,6,9-11H2,(H,19,23);1H,(H,2,3). The molecule has 0 saturated carbocycles. The molecule has 8 heteroatoms. The van der Waals surface area contributed by atoms with Crippen molar-refractivity contribution < 1.29 is 19.1 Å². The molecule has 140 valence electrons. The van der Waals surface area contributed by atoms with Gasteiger partial charge in [-0.1, -0.05) is 30.3 Å². The number of fused-ring (bicyclic) bond motifs is 1. The highest BCUT2D eigenvalue weighted by Crippen LogP contribution is 2.22. The summed E-state index contributed by atoms with van der Waals surface area (Å²) in [5.74, 6) is 2.48. The Labute approximate surface area is 155 Å².